The molecule has 3 rings (SSSR count). The monoisotopic (exact) mass is 443 g/mol. The highest BCUT2D eigenvalue weighted by Crippen LogP contribution is 2.21. The maximum absolute atomic E-state index is 12.3. The fourth-order valence-electron chi connectivity index (χ4n) is 2.68. The van der Waals surface area contributed by atoms with Crippen LogP contribution in [0.2, 0.25) is 5.02 Å². The Bertz CT molecular complexity index is 1020. The second-order valence-corrected chi connectivity index (χ2v) is 7.61. The van der Waals surface area contributed by atoms with E-state index in [-0.39, 0.29) is 11.7 Å². The van der Waals surface area contributed by atoms with Gasteiger partial charge in [0.05, 0.1) is 19.4 Å². The van der Waals surface area contributed by atoms with E-state index in [9.17, 15) is 4.79 Å². The minimum atomic E-state index is -0.139. The number of carbonyl (C=O) groups excluding carboxylic acids is 1. The molecular weight excluding hydrogens is 422 g/mol. The SMILES string of the molecule is C=CCn1c(CNc2cccc(Cl)c2)nnc1SCC(=O)Nc1cccc(OC)c1. The van der Waals surface area contributed by atoms with Crippen LogP contribution in [0.25, 0.3) is 0 Å². The Morgan fingerprint density at radius 2 is 2.03 bits per heavy atom. The summed E-state index contributed by atoms with van der Waals surface area (Å²) < 4.78 is 7.10. The Hall–Kier alpha value is -2.97. The number of thioether (sulfide) groups is 1. The molecule has 1 heterocycles. The Morgan fingerprint density at radius 3 is 2.80 bits per heavy atom. The van der Waals surface area contributed by atoms with E-state index in [2.05, 4.69) is 27.4 Å². The van der Waals surface area contributed by atoms with Crippen LogP contribution >= 0.6 is 23.4 Å². The molecule has 0 aliphatic rings. The number of nitrogens with one attached hydrogen (secondary N) is 2. The molecule has 2 N–H and O–H groups in total. The van der Waals surface area contributed by atoms with Gasteiger partial charge in [-0.3, -0.25) is 4.79 Å². The lowest BCUT2D eigenvalue weighted by molar-refractivity contribution is -0.113. The number of nitrogens with zero attached hydrogens (tertiary/aromatic N) is 3. The van der Waals surface area contributed by atoms with Crippen molar-refractivity contribution in [2.75, 3.05) is 23.5 Å². The zero-order valence-electron chi connectivity index (χ0n) is 16.5. The third kappa shape index (κ3) is 6.01. The molecular formula is C21H22ClN5O2S. The van der Waals surface area contributed by atoms with E-state index in [1.165, 1.54) is 11.8 Å². The smallest absolute Gasteiger partial charge is 0.234 e. The van der Waals surface area contributed by atoms with Crippen LogP contribution in [-0.4, -0.2) is 33.5 Å². The van der Waals surface area contributed by atoms with Gasteiger partial charge >= 0.3 is 0 Å². The van der Waals surface area contributed by atoms with E-state index < -0.39 is 0 Å². The maximum Gasteiger partial charge on any atom is 0.234 e. The van der Waals surface area contributed by atoms with Crippen molar-refractivity contribution in [3.63, 3.8) is 0 Å². The van der Waals surface area contributed by atoms with Gasteiger partial charge in [0, 0.05) is 29.0 Å². The first kappa shape index (κ1) is 21.7. The molecule has 1 aromatic heterocycles. The van der Waals surface area contributed by atoms with E-state index in [1.807, 2.05) is 47.0 Å². The van der Waals surface area contributed by atoms with Gasteiger partial charge in [0.2, 0.25) is 5.91 Å². The van der Waals surface area contributed by atoms with Gasteiger partial charge < -0.3 is 19.9 Å². The largest absolute Gasteiger partial charge is 0.497 e. The minimum absolute atomic E-state index is 0.139. The van der Waals surface area contributed by atoms with E-state index in [4.69, 9.17) is 16.3 Å². The highest BCUT2D eigenvalue weighted by atomic mass is 35.5. The number of halogens is 1. The van der Waals surface area contributed by atoms with Crippen LogP contribution in [0.3, 0.4) is 0 Å². The van der Waals surface area contributed by atoms with E-state index in [0.717, 1.165) is 11.5 Å². The number of carbonyl (C=O) groups is 1. The second kappa shape index (κ2) is 10.7. The Labute approximate surface area is 184 Å². The summed E-state index contributed by atoms with van der Waals surface area (Å²) >= 11 is 7.34. The molecule has 0 atom stereocenters. The Kier molecular flexibility index (Phi) is 7.75. The lowest BCUT2D eigenvalue weighted by Gasteiger charge is -2.10. The van der Waals surface area contributed by atoms with Gasteiger partial charge in [-0.1, -0.05) is 41.6 Å². The first-order valence-corrected chi connectivity index (χ1v) is 10.5. The van der Waals surface area contributed by atoms with Gasteiger partial charge in [0.25, 0.3) is 0 Å². The van der Waals surface area contributed by atoms with Crippen LogP contribution in [0.1, 0.15) is 5.82 Å². The van der Waals surface area contributed by atoms with Crippen LogP contribution in [0.15, 0.2) is 66.3 Å². The lowest BCUT2D eigenvalue weighted by Crippen LogP contribution is -2.15. The van der Waals surface area contributed by atoms with Crippen LogP contribution in [-0.2, 0) is 17.9 Å². The molecule has 0 unspecified atom stereocenters. The number of anilines is 2. The molecule has 0 aliphatic heterocycles. The molecule has 0 saturated carbocycles. The Morgan fingerprint density at radius 1 is 1.23 bits per heavy atom. The number of aromatic nitrogens is 3. The number of amides is 1. The molecule has 0 bridgehead atoms. The summed E-state index contributed by atoms with van der Waals surface area (Å²) in [4.78, 5) is 12.3. The predicted octanol–water partition coefficient (Wildman–Crippen LogP) is 4.47. The molecule has 0 spiro atoms. The summed E-state index contributed by atoms with van der Waals surface area (Å²) in [5.74, 6) is 1.49. The summed E-state index contributed by atoms with van der Waals surface area (Å²) in [6, 6.07) is 14.7. The van der Waals surface area contributed by atoms with Crippen molar-refractivity contribution < 1.29 is 9.53 Å². The van der Waals surface area contributed by atoms with Gasteiger partial charge in [-0.05, 0) is 30.3 Å². The number of rotatable bonds is 10. The maximum atomic E-state index is 12.3. The fraction of sp³-hybridized carbons (Fsp3) is 0.190. The third-order valence-corrected chi connectivity index (χ3v) is 5.27. The second-order valence-electron chi connectivity index (χ2n) is 6.23. The van der Waals surface area contributed by atoms with Gasteiger partial charge in [-0.15, -0.1) is 16.8 Å². The van der Waals surface area contributed by atoms with Gasteiger partial charge in [-0.25, -0.2) is 0 Å². The lowest BCUT2D eigenvalue weighted by atomic mass is 10.3. The molecule has 0 saturated heterocycles. The van der Waals surface area contributed by atoms with Crippen LogP contribution in [0.4, 0.5) is 11.4 Å². The number of benzene rings is 2. The van der Waals surface area contributed by atoms with Crippen molar-refractivity contribution in [3.05, 3.63) is 72.0 Å². The zero-order valence-corrected chi connectivity index (χ0v) is 18.0. The van der Waals surface area contributed by atoms with Crippen molar-refractivity contribution in [3.8, 4) is 5.75 Å². The molecule has 1 amide bonds. The van der Waals surface area contributed by atoms with Crippen LogP contribution in [0, 0.1) is 0 Å². The normalized spacial score (nSPS) is 10.5. The summed E-state index contributed by atoms with van der Waals surface area (Å²) in [6.07, 6.45) is 1.77. The van der Waals surface area contributed by atoms with Crippen molar-refractivity contribution in [2.24, 2.45) is 0 Å². The number of ether oxygens (including phenoxy) is 1. The number of methoxy groups -OCH3 is 1. The van der Waals surface area contributed by atoms with Gasteiger partial charge in [0.1, 0.15) is 5.75 Å². The first-order valence-electron chi connectivity index (χ1n) is 9.18. The van der Waals surface area contributed by atoms with E-state index in [0.29, 0.717) is 34.7 Å². The van der Waals surface area contributed by atoms with E-state index >= 15 is 0 Å². The molecule has 9 heteroatoms. The standard InChI is InChI=1S/C21H22ClN5O2S/c1-3-10-27-19(13-23-16-7-4-6-15(22)11-16)25-26-21(27)30-14-20(28)24-17-8-5-9-18(12-17)29-2/h3-9,11-12,23H,1,10,13-14H2,2H3,(H,24,28). The van der Waals surface area contributed by atoms with Gasteiger partial charge in [0.15, 0.2) is 11.0 Å². The topological polar surface area (TPSA) is 81.1 Å². The summed E-state index contributed by atoms with van der Waals surface area (Å²) in [6.45, 7) is 4.81. The van der Waals surface area contributed by atoms with Crippen molar-refractivity contribution in [1.29, 1.82) is 0 Å². The molecule has 2 aromatic carbocycles. The predicted molar refractivity (Wildman–Crippen MR) is 121 cm³/mol. The molecule has 0 aliphatic carbocycles. The first-order chi connectivity index (χ1) is 14.6. The summed E-state index contributed by atoms with van der Waals surface area (Å²) in [5.41, 5.74) is 1.57. The highest BCUT2D eigenvalue weighted by molar-refractivity contribution is 7.99. The molecule has 3 aromatic rings. The van der Waals surface area contributed by atoms with Crippen LogP contribution < -0.4 is 15.4 Å². The number of allylic oxidation sites excluding steroid dienone is 1. The minimum Gasteiger partial charge on any atom is -0.497 e. The van der Waals surface area contributed by atoms with Gasteiger partial charge in [-0.2, -0.15) is 0 Å². The van der Waals surface area contributed by atoms with Crippen molar-refractivity contribution in [1.82, 2.24) is 14.8 Å². The Balaban J connectivity index is 1.61. The molecule has 156 valence electrons. The quantitative estimate of drug-likeness (QED) is 0.355. The highest BCUT2D eigenvalue weighted by Gasteiger charge is 2.14. The zero-order chi connectivity index (χ0) is 21.3. The third-order valence-electron chi connectivity index (χ3n) is 4.07. The molecule has 7 nitrogen and oxygen atoms in total. The molecule has 0 radical (unpaired) electrons. The average Bonchev–Trinajstić information content (AvgIpc) is 3.13. The van der Waals surface area contributed by atoms with Crippen molar-refractivity contribution >= 4 is 40.6 Å². The van der Waals surface area contributed by atoms with E-state index in [1.54, 1.807) is 19.3 Å². The fourth-order valence-corrected chi connectivity index (χ4v) is 3.63. The molecule has 0 fully saturated rings. The number of hydrogen-bond donors (Lipinski definition) is 2. The van der Waals surface area contributed by atoms with Crippen molar-refractivity contribution in [2.45, 2.75) is 18.2 Å². The average molecular weight is 444 g/mol. The summed E-state index contributed by atoms with van der Waals surface area (Å²) in [5, 5.41) is 15.9. The number of hydrogen-bond acceptors (Lipinski definition) is 6. The summed E-state index contributed by atoms with van der Waals surface area (Å²) in [7, 11) is 1.59. The molecule has 30 heavy (non-hydrogen) atoms. The van der Waals surface area contributed by atoms with Crippen LogP contribution in [0.5, 0.6) is 5.75 Å².